The van der Waals surface area contributed by atoms with Crippen LogP contribution in [0.5, 0.6) is 0 Å². The zero-order valence-corrected chi connectivity index (χ0v) is 14.6. The molecule has 0 radical (unpaired) electrons. The maximum absolute atomic E-state index is 12.2. The van der Waals surface area contributed by atoms with Gasteiger partial charge in [-0.15, -0.1) is 11.8 Å². The fourth-order valence-electron chi connectivity index (χ4n) is 2.46. The highest BCUT2D eigenvalue weighted by molar-refractivity contribution is 8.00. The van der Waals surface area contributed by atoms with Crippen LogP contribution in [0, 0.1) is 0 Å². The summed E-state index contributed by atoms with van der Waals surface area (Å²) in [4.78, 5) is 24.0. The second-order valence-corrected chi connectivity index (χ2v) is 7.24. The molecule has 0 unspecified atom stereocenters. The Morgan fingerprint density at radius 3 is 2.65 bits per heavy atom. The molecule has 0 saturated carbocycles. The smallest absolute Gasteiger partial charge is 0.305 e. The number of carboxylic acid groups (broad SMARTS) is 1. The standard InChI is InChI=1S/C15H17Cl2NO4S/c16-10-1-2-11(17)12(7-10)23-9-13(19)18-15(8-14(20)21)3-5-22-6-4-15/h1-2,7H,3-6,8-9H2,(H,18,19)(H,20,21). The van der Waals surface area contributed by atoms with Gasteiger partial charge >= 0.3 is 5.97 Å². The molecule has 8 heteroatoms. The number of carbonyl (C=O) groups excluding carboxylic acids is 1. The Bertz CT molecular complexity index is 591. The van der Waals surface area contributed by atoms with Gasteiger partial charge in [0, 0.05) is 23.1 Å². The molecule has 2 N–H and O–H groups in total. The molecule has 23 heavy (non-hydrogen) atoms. The first-order valence-electron chi connectivity index (χ1n) is 7.09. The van der Waals surface area contributed by atoms with E-state index in [0.29, 0.717) is 41.0 Å². The number of carboxylic acids is 1. The van der Waals surface area contributed by atoms with E-state index in [1.54, 1.807) is 18.2 Å². The minimum atomic E-state index is -0.933. The third kappa shape index (κ3) is 5.57. The number of nitrogens with one attached hydrogen (secondary N) is 1. The van der Waals surface area contributed by atoms with E-state index >= 15 is 0 Å². The molecule has 1 aliphatic rings. The van der Waals surface area contributed by atoms with Crippen molar-refractivity contribution < 1.29 is 19.4 Å². The summed E-state index contributed by atoms with van der Waals surface area (Å²) in [6.07, 6.45) is 0.881. The normalized spacial score (nSPS) is 16.8. The lowest BCUT2D eigenvalue weighted by Crippen LogP contribution is -2.53. The first kappa shape index (κ1) is 18.4. The van der Waals surface area contributed by atoms with E-state index in [2.05, 4.69) is 5.32 Å². The van der Waals surface area contributed by atoms with Crippen molar-refractivity contribution in [3.8, 4) is 0 Å². The number of hydrogen-bond acceptors (Lipinski definition) is 4. The topological polar surface area (TPSA) is 75.6 Å². The van der Waals surface area contributed by atoms with Crippen molar-refractivity contribution in [2.75, 3.05) is 19.0 Å². The summed E-state index contributed by atoms with van der Waals surface area (Å²) in [7, 11) is 0. The van der Waals surface area contributed by atoms with Gasteiger partial charge in [0.05, 0.1) is 22.7 Å². The van der Waals surface area contributed by atoms with Gasteiger partial charge in [-0.25, -0.2) is 0 Å². The maximum Gasteiger partial charge on any atom is 0.305 e. The number of amides is 1. The Balaban J connectivity index is 1.96. The van der Waals surface area contributed by atoms with Crippen LogP contribution >= 0.6 is 35.0 Å². The van der Waals surface area contributed by atoms with Crippen LogP contribution in [0.2, 0.25) is 10.0 Å². The molecule has 2 rings (SSSR count). The van der Waals surface area contributed by atoms with Gasteiger partial charge in [-0.05, 0) is 31.0 Å². The van der Waals surface area contributed by atoms with Crippen LogP contribution in [0.25, 0.3) is 0 Å². The quantitative estimate of drug-likeness (QED) is 0.744. The molecule has 1 aliphatic heterocycles. The predicted molar refractivity (Wildman–Crippen MR) is 90.4 cm³/mol. The van der Waals surface area contributed by atoms with Gasteiger partial charge in [-0.2, -0.15) is 0 Å². The largest absolute Gasteiger partial charge is 0.481 e. The van der Waals surface area contributed by atoms with Crippen LogP contribution in [0.3, 0.4) is 0 Å². The molecule has 0 spiro atoms. The fourth-order valence-corrected chi connectivity index (χ4v) is 3.75. The second kappa shape index (κ2) is 8.24. The summed E-state index contributed by atoms with van der Waals surface area (Å²) >= 11 is 13.2. The zero-order valence-electron chi connectivity index (χ0n) is 12.3. The number of benzene rings is 1. The van der Waals surface area contributed by atoms with Gasteiger partial charge in [-0.3, -0.25) is 9.59 Å². The van der Waals surface area contributed by atoms with E-state index in [0.717, 1.165) is 0 Å². The van der Waals surface area contributed by atoms with Crippen LogP contribution in [-0.4, -0.2) is 41.5 Å². The Labute approximate surface area is 148 Å². The van der Waals surface area contributed by atoms with E-state index < -0.39 is 11.5 Å². The number of aliphatic carboxylic acids is 1. The molecule has 0 aromatic heterocycles. The average molecular weight is 378 g/mol. The van der Waals surface area contributed by atoms with Crippen molar-refractivity contribution >= 4 is 46.8 Å². The monoisotopic (exact) mass is 377 g/mol. The summed E-state index contributed by atoms with van der Waals surface area (Å²) in [5.74, 6) is -1.02. The van der Waals surface area contributed by atoms with E-state index in [9.17, 15) is 9.59 Å². The minimum absolute atomic E-state index is 0.106. The first-order valence-corrected chi connectivity index (χ1v) is 8.83. The van der Waals surface area contributed by atoms with Crippen LogP contribution in [0.4, 0.5) is 0 Å². The number of hydrogen-bond donors (Lipinski definition) is 2. The lowest BCUT2D eigenvalue weighted by atomic mass is 9.86. The lowest BCUT2D eigenvalue weighted by molar-refractivity contribution is -0.140. The zero-order chi connectivity index (χ0) is 16.9. The summed E-state index contributed by atoms with van der Waals surface area (Å²) < 4.78 is 5.26. The molecule has 0 bridgehead atoms. The predicted octanol–water partition coefficient (Wildman–Crippen LogP) is 3.23. The summed E-state index contributed by atoms with van der Waals surface area (Å²) in [5.41, 5.74) is -0.736. The first-order chi connectivity index (χ1) is 10.9. The van der Waals surface area contributed by atoms with Crippen molar-refractivity contribution in [2.45, 2.75) is 29.7 Å². The highest BCUT2D eigenvalue weighted by Gasteiger charge is 2.36. The number of rotatable bonds is 6. The van der Waals surface area contributed by atoms with Gasteiger partial charge in [0.2, 0.25) is 5.91 Å². The molecule has 126 valence electrons. The summed E-state index contributed by atoms with van der Waals surface area (Å²) in [6.45, 7) is 0.891. The maximum atomic E-state index is 12.2. The highest BCUT2D eigenvalue weighted by Crippen LogP contribution is 2.30. The number of halogens is 2. The molecular weight excluding hydrogens is 361 g/mol. The van der Waals surface area contributed by atoms with Crippen molar-refractivity contribution in [3.63, 3.8) is 0 Å². The van der Waals surface area contributed by atoms with Gasteiger partial charge < -0.3 is 15.2 Å². The molecule has 1 amide bonds. The molecule has 1 heterocycles. The lowest BCUT2D eigenvalue weighted by Gasteiger charge is -2.36. The van der Waals surface area contributed by atoms with Gasteiger partial charge in [0.25, 0.3) is 0 Å². The Morgan fingerprint density at radius 1 is 1.30 bits per heavy atom. The molecule has 0 atom stereocenters. The third-order valence-electron chi connectivity index (χ3n) is 3.60. The molecular formula is C15H17Cl2NO4S. The molecule has 1 aromatic rings. The number of ether oxygens (including phenoxy) is 1. The van der Waals surface area contributed by atoms with Crippen LogP contribution in [-0.2, 0) is 14.3 Å². The Kier molecular flexibility index (Phi) is 6.59. The minimum Gasteiger partial charge on any atom is -0.481 e. The molecule has 1 fully saturated rings. The highest BCUT2D eigenvalue weighted by atomic mass is 35.5. The molecule has 5 nitrogen and oxygen atoms in total. The van der Waals surface area contributed by atoms with Crippen molar-refractivity contribution in [1.82, 2.24) is 5.32 Å². The fraction of sp³-hybridized carbons (Fsp3) is 0.467. The van der Waals surface area contributed by atoms with Gasteiger partial charge in [-0.1, -0.05) is 23.2 Å². The molecule has 1 aromatic carbocycles. The van der Waals surface area contributed by atoms with E-state index in [1.165, 1.54) is 11.8 Å². The van der Waals surface area contributed by atoms with Crippen molar-refractivity contribution in [2.24, 2.45) is 0 Å². The average Bonchev–Trinajstić information content (AvgIpc) is 2.48. The SMILES string of the molecule is O=C(O)CC1(NC(=O)CSc2cc(Cl)ccc2Cl)CCOCC1. The van der Waals surface area contributed by atoms with Crippen LogP contribution in [0.15, 0.2) is 23.1 Å². The second-order valence-electron chi connectivity index (χ2n) is 5.37. The third-order valence-corrected chi connectivity index (χ3v) is 5.33. The van der Waals surface area contributed by atoms with Gasteiger partial charge in [0.1, 0.15) is 0 Å². The molecule has 1 saturated heterocycles. The van der Waals surface area contributed by atoms with E-state index in [4.69, 9.17) is 33.0 Å². The van der Waals surface area contributed by atoms with Crippen molar-refractivity contribution in [1.29, 1.82) is 0 Å². The van der Waals surface area contributed by atoms with Gasteiger partial charge in [0.15, 0.2) is 0 Å². The summed E-state index contributed by atoms with van der Waals surface area (Å²) in [6, 6.07) is 5.05. The van der Waals surface area contributed by atoms with E-state index in [1.807, 2.05) is 0 Å². The molecule has 0 aliphatic carbocycles. The number of thioether (sulfide) groups is 1. The Hall–Kier alpha value is -0.950. The Morgan fingerprint density at radius 2 is 2.00 bits per heavy atom. The van der Waals surface area contributed by atoms with Crippen LogP contribution < -0.4 is 5.32 Å². The van der Waals surface area contributed by atoms with Crippen LogP contribution in [0.1, 0.15) is 19.3 Å². The summed E-state index contributed by atoms with van der Waals surface area (Å²) in [5, 5.41) is 13.0. The number of carbonyl (C=O) groups is 2. The van der Waals surface area contributed by atoms with E-state index in [-0.39, 0.29) is 18.1 Å². The van der Waals surface area contributed by atoms with Crippen molar-refractivity contribution in [3.05, 3.63) is 28.2 Å².